The van der Waals surface area contributed by atoms with Gasteiger partial charge in [-0.05, 0) is 36.1 Å². The lowest BCUT2D eigenvalue weighted by Gasteiger charge is -2.19. The van der Waals surface area contributed by atoms with E-state index in [4.69, 9.17) is 16.3 Å². The van der Waals surface area contributed by atoms with Gasteiger partial charge in [0.15, 0.2) is 15.9 Å². The molecule has 0 spiro atoms. The molecule has 0 saturated carbocycles. The van der Waals surface area contributed by atoms with Crippen LogP contribution in [0.4, 0.5) is 0 Å². The minimum absolute atomic E-state index is 0.0406. The van der Waals surface area contributed by atoms with E-state index in [2.05, 4.69) is 20.8 Å². The number of hydrogen-bond donors (Lipinski definition) is 0. The Morgan fingerprint density at radius 1 is 1.04 bits per heavy atom. The van der Waals surface area contributed by atoms with Gasteiger partial charge in [0.2, 0.25) is 5.78 Å². The SMILES string of the molecule is CC(OC(=O)c1cc(S(C)(=O)=O)ccc1Cl)C(=O)c1ccc(C(C)(C)C)cc1. The first-order valence-corrected chi connectivity index (χ1v) is 10.9. The van der Waals surface area contributed by atoms with Gasteiger partial charge in [-0.25, -0.2) is 13.2 Å². The molecule has 0 aliphatic carbocycles. The molecule has 7 heteroatoms. The third-order valence-corrected chi connectivity index (χ3v) is 5.71. The predicted molar refractivity (Wildman–Crippen MR) is 109 cm³/mol. The zero-order valence-electron chi connectivity index (χ0n) is 16.4. The zero-order chi connectivity index (χ0) is 21.3. The van der Waals surface area contributed by atoms with Gasteiger partial charge in [-0.3, -0.25) is 4.79 Å². The van der Waals surface area contributed by atoms with Crippen LogP contribution in [0.15, 0.2) is 47.4 Å². The molecule has 0 heterocycles. The van der Waals surface area contributed by atoms with E-state index < -0.39 is 21.9 Å². The van der Waals surface area contributed by atoms with Crippen molar-refractivity contribution in [1.82, 2.24) is 0 Å². The molecular formula is C21H23ClO5S. The van der Waals surface area contributed by atoms with E-state index in [1.165, 1.54) is 19.1 Å². The molecule has 1 unspecified atom stereocenters. The number of rotatable bonds is 5. The molecule has 0 aliphatic heterocycles. The Labute approximate surface area is 170 Å². The van der Waals surface area contributed by atoms with Crippen molar-refractivity contribution in [2.75, 3.05) is 6.26 Å². The van der Waals surface area contributed by atoms with Gasteiger partial charge in [0.1, 0.15) is 0 Å². The Balaban J connectivity index is 2.19. The van der Waals surface area contributed by atoms with Gasteiger partial charge >= 0.3 is 5.97 Å². The average Bonchev–Trinajstić information content (AvgIpc) is 2.59. The number of benzene rings is 2. The fourth-order valence-electron chi connectivity index (χ4n) is 2.54. The van der Waals surface area contributed by atoms with Crippen molar-refractivity contribution < 1.29 is 22.7 Å². The van der Waals surface area contributed by atoms with E-state index >= 15 is 0 Å². The van der Waals surface area contributed by atoms with Crippen molar-refractivity contribution in [3.8, 4) is 0 Å². The van der Waals surface area contributed by atoms with Crippen molar-refractivity contribution >= 4 is 33.2 Å². The van der Waals surface area contributed by atoms with Crippen LogP contribution in [-0.4, -0.2) is 32.5 Å². The summed E-state index contributed by atoms with van der Waals surface area (Å²) in [5.74, 6) is -1.22. The fraction of sp³-hybridized carbons (Fsp3) is 0.333. The lowest BCUT2D eigenvalue weighted by Crippen LogP contribution is -2.25. The largest absolute Gasteiger partial charge is 0.451 e. The first-order valence-electron chi connectivity index (χ1n) is 8.66. The Morgan fingerprint density at radius 2 is 1.61 bits per heavy atom. The molecule has 0 N–H and O–H groups in total. The molecule has 0 aromatic heterocycles. The van der Waals surface area contributed by atoms with Crippen molar-refractivity contribution in [3.63, 3.8) is 0 Å². The lowest BCUT2D eigenvalue weighted by atomic mass is 9.86. The summed E-state index contributed by atoms with van der Waals surface area (Å²) < 4.78 is 28.6. The number of sulfone groups is 1. The summed E-state index contributed by atoms with van der Waals surface area (Å²) in [4.78, 5) is 24.9. The molecule has 0 aliphatic rings. The fourth-order valence-corrected chi connectivity index (χ4v) is 3.38. The second-order valence-corrected chi connectivity index (χ2v) is 10.1. The zero-order valence-corrected chi connectivity index (χ0v) is 18.0. The predicted octanol–water partition coefficient (Wildman–Crippen LogP) is 4.47. The highest BCUT2D eigenvalue weighted by Crippen LogP contribution is 2.24. The Morgan fingerprint density at radius 3 is 2.11 bits per heavy atom. The van der Waals surface area contributed by atoms with Crippen LogP contribution < -0.4 is 0 Å². The minimum atomic E-state index is -3.51. The molecule has 1 atom stereocenters. The summed E-state index contributed by atoms with van der Waals surface area (Å²) in [6.45, 7) is 7.68. The number of Topliss-reactive ketones (excluding diaryl/α,β-unsaturated/α-hetero) is 1. The Hall–Kier alpha value is -2.18. The molecule has 2 aromatic rings. The molecule has 2 rings (SSSR count). The number of esters is 1. The molecule has 0 bridgehead atoms. The number of carbonyl (C=O) groups is 2. The van der Waals surface area contributed by atoms with E-state index in [0.717, 1.165) is 17.9 Å². The molecular weight excluding hydrogens is 400 g/mol. The van der Waals surface area contributed by atoms with Crippen LogP contribution in [-0.2, 0) is 20.0 Å². The molecule has 2 aromatic carbocycles. The summed E-state index contributed by atoms with van der Waals surface area (Å²) in [6.07, 6.45) is -0.0235. The maximum Gasteiger partial charge on any atom is 0.340 e. The van der Waals surface area contributed by atoms with Crippen molar-refractivity contribution in [1.29, 1.82) is 0 Å². The van der Waals surface area contributed by atoms with Crippen LogP contribution in [0.1, 0.15) is 54.0 Å². The Bertz CT molecular complexity index is 1000. The first kappa shape index (κ1) is 22.1. The minimum Gasteiger partial charge on any atom is -0.451 e. The van der Waals surface area contributed by atoms with Gasteiger partial charge in [0, 0.05) is 11.8 Å². The number of carbonyl (C=O) groups excluding carboxylic acids is 2. The van der Waals surface area contributed by atoms with Gasteiger partial charge in [-0.15, -0.1) is 0 Å². The highest BCUT2D eigenvalue weighted by atomic mass is 35.5. The van der Waals surface area contributed by atoms with Gasteiger partial charge in [0.25, 0.3) is 0 Å². The molecule has 0 amide bonds. The summed E-state index contributed by atoms with van der Waals surface area (Å²) in [5, 5.41) is 0.0478. The van der Waals surface area contributed by atoms with Gasteiger partial charge in [0.05, 0.1) is 15.5 Å². The standard InChI is InChI=1S/C21H23ClO5S/c1-13(19(23)14-6-8-15(9-7-14)21(2,3)4)27-20(24)17-12-16(28(5,25)26)10-11-18(17)22/h6-13H,1-5H3. The van der Waals surface area contributed by atoms with Crippen molar-refractivity contribution in [3.05, 3.63) is 64.2 Å². The van der Waals surface area contributed by atoms with Crippen LogP contribution in [0.25, 0.3) is 0 Å². The number of halogens is 1. The van der Waals surface area contributed by atoms with Crippen LogP contribution in [0.2, 0.25) is 5.02 Å². The Kier molecular flexibility index (Phi) is 6.36. The maximum atomic E-state index is 12.6. The molecule has 28 heavy (non-hydrogen) atoms. The number of ketones is 1. The topological polar surface area (TPSA) is 77.5 Å². The van der Waals surface area contributed by atoms with Gasteiger partial charge in [-0.2, -0.15) is 0 Å². The summed E-state index contributed by atoms with van der Waals surface area (Å²) >= 11 is 6.00. The smallest absolute Gasteiger partial charge is 0.340 e. The monoisotopic (exact) mass is 422 g/mol. The van der Waals surface area contributed by atoms with Crippen molar-refractivity contribution in [2.24, 2.45) is 0 Å². The van der Waals surface area contributed by atoms with E-state index in [1.54, 1.807) is 12.1 Å². The van der Waals surface area contributed by atoms with Crippen LogP contribution in [0.5, 0.6) is 0 Å². The molecule has 150 valence electrons. The molecule has 5 nitrogen and oxygen atoms in total. The maximum absolute atomic E-state index is 12.6. The summed E-state index contributed by atoms with van der Waals surface area (Å²) in [5.41, 5.74) is 1.36. The van der Waals surface area contributed by atoms with E-state index in [-0.39, 0.29) is 26.7 Å². The average molecular weight is 423 g/mol. The highest BCUT2D eigenvalue weighted by Gasteiger charge is 2.23. The van der Waals surface area contributed by atoms with E-state index in [9.17, 15) is 18.0 Å². The van der Waals surface area contributed by atoms with Gasteiger partial charge in [-0.1, -0.05) is 56.6 Å². The second kappa shape index (κ2) is 8.05. The molecule has 0 saturated heterocycles. The van der Waals surface area contributed by atoms with Crippen molar-refractivity contribution in [2.45, 2.75) is 44.1 Å². The molecule has 0 fully saturated rings. The molecule has 0 radical (unpaired) electrons. The third-order valence-electron chi connectivity index (χ3n) is 4.27. The second-order valence-electron chi connectivity index (χ2n) is 7.65. The van der Waals surface area contributed by atoms with E-state index in [0.29, 0.717) is 5.56 Å². The van der Waals surface area contributed by atoms with Crippen LogP contribution in [0.3, 0.4) is 0 Å². The number of hydrogen-bond acceptors (Lipinski definition) is 5. The third kappa shape index (κ3) is 5.20. The summed E-state index contributed by atoms with van der Waals surface area (Å²) in [7, 11) is -3.51. The van der Waals surface area contributed by atoms with Gasteiger partial charge < -0.3 is 4.74 Å². The quantitative estimate of drug-likeness (QED) is 0.524. The number of ether oxygens (including phenoxy) is 1. The lowest BCUT2D eigenvalue weighted by molar-refractivity contribution is 0.0318. The van der Waals surface area contributed by atoms with E-state index in [1.807, 2.05) is 12.1 Å². The normalized spacial score (nSPS) is 13.1. The first-order chi connectivity index (χ1) is 12.8. The highest BCUT2D eigenvalue weighted by molar-refractivity contribution is 7.90. The van der Waals surface area contributed by atoms with Crippen LogP contribution >= 0.6 is 11.6 Å². The summed E-state index contributed by atoms with van der Waals surface area (Å²) in [6, 6.07) is 10.9. The van der Waals surface area contributed by atoms with Crippen LogP contribution in [0, 0.1) is 0 Å².